The van der Waals surface area contributed by atoms with Crippen molar-refractivity contribution in [2.24, 2.45) is 0 Å². The summed E-state index contributed by atoms with van der Waals surface area (Å²) in [5.74, 6) is -0.653. The lowest BCUT2D eigenvalue weighted by Crippen LogP contribution is -2.23. The number of carboxylic acids is 1. The average molecular weight is 568 g/mol. The maximum absolute atomic E-state index is 10.3. The molecule has 0 radical (unpaired) electrons. The Balaban J connectivity index is 0. The van der Waals surface area contributed by atoms with Crippen molar-refractivity contribution in [3.63, 3.8) is 0 Å². The van der Waals surface area contributed by atoms with Crippen molar-refractivity contribution in [3.8, 4) is 0 Å². The zero-order chi connectivity index (χ0) is 29.8. The van der Waals surface area contributed by atoms with Crippen molar-refractivity contribution in [3.05, 3.63) is 0 Å². The van der Waals surface area contributed by atoms with Crippen LogP contribution < -0.4 is 0 Å². The summed E-state index contributed by atoms with van der Waals surface area (Å²) < 4.78 is 0. The molecule has 0 aliphatic carbocycles. The van der Waals surface area contributed by atoms with Gasteiger partial charge in [-0.25, -0.2) is 0 Å². The molecule has 0 saturated carbocycles. The van der Waals surface area contributed by atoms with Crippen molar-refractivity contribution in [1.82, 2.24) is 4.90 Å². The number of nitrogens with zero attached hydrogens (tertiary/aromatic N) is 1. The third kappa shape index (κ3) is 39.6. The van der Waals surface area contributed by atoms with Gasteiger partial charge in [-0.05, 0) is 32.5 Å². The minimum absolute atomic E-state index is 0.345. The second-order valence-electron chi connectivity index (χ2n) is 12.4. The Morgan fingerprint density at radius 1 is 0.400 bits per heavy atom. The van der Waals surface area contributed by atoms with Crippen LogP contribution in [-0.2, 0) is 4.79 Å². The minimum Gasteiger partial charge on any atom is -0.481 e. The van der Waals surface area contributed by atoms with E-state index < -0.39 is 5.97 Å². The summed E-state index contributed by atoms with van der Waals surface area (Å²) in [5, 5.41) is 8.52. The van der Waals surface area contributed by atoms with E-state index in [9.17, 15) is 4.79 Å². The van der Waals surface area contributed by atoms with Crippen LogP contribution in [0, 0.1) is 0 Å². The van der Waals surface area contributed by atoms with Gasteiger partial charge in [-0.15, -0.1) is 0 Å². The van der Waals surface area contributed by atoms with E-state index in [2.05, 4.69) is 32.6 Å². The van der Waals surface area contributed by atoms with Gasteiger partial charge in [0.05, 0.1) is 0 Å². The Bertz CT molecular complexity index is 449. The van der Waals surface area contributed by atoms with Gasteiger partial charge in [0.25, 0.3) is 0 Å². The highest BCUT2D eigenvalue weighted by molar-refractivity contribution is 5.66. The van der Waals surface area contributed by atoms with Crippen LogP contribution in [0.25, 0.3) is 0 Å². The second kappa shape index (κ2) is 38.4. The zero-order valence-corrected chi connectivity index (χ0v) is 28.4. The van der Waals surface area contributed by atoms with Gasteiger partial charge in [0.15, 0.2) is 0 Å². The van der Waals surface area contributed by atoms with Crippen molar-refractivity contribution in [1.29, 1.82) is 0 Å². The van der Waals surface area contributed by atoms with Crippen LogP contribution in [0.1, 0.15) is 214 Å². The van der Waals surface area contributed by atoms with Crippen molar-refractivity contribution < 1.29 is 9.90 Å². The van der Waals surface area contributed by atoms with E-state index in [0.717, 1.165) is 12.8 Å². The monoisotopic (exact) mass is 568 g/mol. The molecule has 0 saturated heterocycles. The number of unbranched alkanes of at least 4 members (excludes halogenated alkanes) is 26. The van der Waals surface area contributed by atoms with Crippen molar-refractivity contribution in [2.45, 2.75) is 214 Å². The molecule has 0 aliphatic heterocycles. The van der Waals surface area contributed by atoms with E-state index in [1.54, 1.807) is 0 Å². The first-order chi connectivity index (χ1) is 19.6. The molecule has 0 heterocycles. The summed E-state index contributed by atoms with van der Waals surface area (Å²) >= 11 is 0. The molecule has 1 N–H and O–H groups in total. The van der Waals surface area contributed by atoms with Crippen LogP contribution >= 0.6 is 0 Å². The molecule has 0 aromatic rings. The van der Waals surface area contributed by atoms with Crippen LogP contribution in [0.5, 0.6) is 0 Å². The van der Waals surface area contributed by atoms with Crippen LogP contribution in [0.3, 0.4) is 0 Å². The van der Waals surface area contributed by atoms with Gasteiger partial charge in [-0.1, -0.05) is 195 Å². The summed E-state index contributed by atoms with van der Waals surface area (Å²) in [6, 6.07) is 0. The van der Waals surface area contributed by atoms with Gasteiger partial charge < -0.3 is 10.0 Å². The van der Waals surface area contributed by atoms with Crippen LogP contribution in [0.4, 0.5) is 0 Å². The lowest BCUT2D eigenvalue weighted by atomic mass is 10.0. The average Bonchev–Trinajstić information content (AvgIpc) is 2.95. The van der Waals surface area contributed by atoms with Gasteiger partial charge >= 0.3 is 5.97 Å². The van der Waals surface area contributed by atoms with Crippen LogP contribution in [-0.4, -0.2) is 35.6 Å². The Hall–Kier alpha value is -0.570. The third-order valence-electron chi connectivity index (χ3n) is 8.47. The number of rotatable bonds is 32. The molecular weight excluding hydrogens is 490 g/mol. The first-order valence-electron chi connectivity index (χ1n) is 18.6. The normalized spacial score (nSPS) is 11.1. The third-order valence-corrected chi connectivity index (χ3v) is 8.47. The largest absolute Gasteiger partial charge is 0.481 e. The second-order valence-corrected chi connectivity index (χ2v) is 12.4. The fraction of sp³-hybridized carbons (Fsp3) is 0.973. The maximum atomic E-state index is 10.3. The van der Waals surface area contributed by atoms with E-state index in [4.69, 9.17) is 5.11 Å². The Labute approximate surface area is 254 Å². The molecule has 0 bridgehead atoms. The molecule has 40 heavy (non-hydrogen) atoms. The molecule has 0 fully saturated rings. The fourth-order valence-electron chi connectivity index (χ4n) is 5.54. The zero-order valence-electron chi connectivity index (χ0n) is 28.4. The molecule has 0 aliphatic rings. The molecule has 0 spiro atoms. The maximum Gasteiger partial charge on any atom is 0.303 e. The number of hydrogen-bond donors (Lipinski definition) is 1. The first-order valence-corrected chi connectivity index (χ1v) is 18.6. The standard InChI is InChI=1S/C19H41N.C18H36O2/c1-4-7-8-9-10-11-12-13-14-15-16-17-18-19-20(5-2)6-3;1-2-3-4-5-6-7-8-9-10-11-12-13-14-15-16-17-18(19)20/h4-19H2,1-3H3;2-17H2,1H3,(H,19,20). The van der Waals surface area contributed by atoms with E-state index >= 15 is 0 Å². The molecule has 3 nitrogen and oxygen atoms in total. The topological polar surface area (TPSA) is 40.5 Å². The van der Waals surface area contributed by atoms with Crippen molar-refractivity contribution in [2.75, 3.05) is 19.6 Å². The molecule has 242 valence electrons. The highest BCUT2D eigenvalue weighted by Crippen LogP contribution is 2.14. The quantitative estimate of drug-likeness (QED) is 0.0822. The molecule has 0 unspecified atom stereocenters. The molecule has 0 amide bonds. The van der Waals surface area contributed by atoms with E-state index in [1.165, 1.54) is 187 Å². The number of carbonyl (C=O) groups is 1. The smallest absolute Gasteiger partial charge is 0.303 e. The molecule has 0 aromatic heterocycles. The highest BCUT2D eigenvalue weighted by atomic mass is 16.4. The number of aliphatic carboxylic acids is 1. The molecular formula is C37H77NO2. The summed E-state index contributed by atoms with van der Waals surface area (Å²) in [4.78, 5) is 12.9. The van der Waals surface area contributed by atoms with Crippen LogP contribution in [0.2, 0.25) is 0 Å². The van der Waals surface area contributed by atoms with E-state index in [-0.39, 0.29) is 0 Å². The predicted octanol–water partition coefficient (Wildman–Crippen LogP) is 12.8. The highest BCUT2D eigenvalue weighted by Gasteiger charge is 1.99. The predicted molar refractivity (Wildman–Crippen MR) is 181 cm³/mol. The SMILES string of the molecule is CCCCCCCCCCCCCCCCCC(=O)O.CCCCCCCCCCCCCCCN(CC)CC. The van der Waals surface area contributed by atoms with Crippen molar-refractivity contribution >= 4 is 5.97 Å². The van der Waals surface area contributed by atoms with E-state index in [0.29, 0.717) is 6.42 Å². The molecule has 3 heteroatoms. The summed E-state index contributed by atoms with van der Waals surface area (Å²) in [7, 11) is 0. The van der Waals surface area contributed by atoms with Gasteiger partial charge in [0.1, 0.15) is 0 Å². The molecule has 0 aromatic carbocycles. The van der Waals surface area contributed by atoms with E-state index in [1.807, 2.05) is 0 Å². The van der Waals surface area contributed by atoms with Gasteiger partial charge in [0, 0.05) is 6.42 Å². The lowest BCUT2D eigenvalue weighted by Gasteiger charge is -2.17. The van der Waals surface area contributed by atoms with Gasteiger partial charge in [-0.3, -0.25) is 4.79 Å². The lowest BCUT2D eigenvalue weighted by molar-refractivity contribution is -0.137. The summed E-state index contributed by atoms with van der Waals surface area (Å²) in [5.41, 5.74) is 0. The number of hydrogen-bond acceptors (Lipinski definition) is 2. The summed E-state index contributed by atoms with van der Waals surface area (Å²) in [6.45, 7) is 12.8. The molecule has 0 rings (SSSR count). The fourth-order valence-corrected chi connectivity index (χ4v) is 5.54. The van der Waals surface area contributed by atoms with Gasteiger partial charge in [0.2, 0.25) is 0 Å². The molecule has 0 atom stereocenters. The Morgan fingerprint density at radius 2 is 0.650 bits per heavy atom. The van der Waals surface area contributed by atoms with Crippen LogP contribution in [0.15, 0.2) is 0 Å². The summed E-state index contributed by atoms with van der Waals surface area (Å²) in [6.07, 6.45) is 39.1. The number of carboxylic acid groups (broad SMARTS) is 1. The van der Waals surface area contributed by atoms with Gasteiger partial charge in [-0.2, -0.15) is 0 Å². The minimum atomic E-state index is -0.653. The Morgan fingerprint density at radius 3 is 0.900 bits per heavy atom. The first kappa shape index (κ1) is 41.6. The Kier molecular flexibility index (Phi) is 39.9.